The van der Waals surface area contributed by atoms with Gasteiger partial charge in [-0.2, -0.15) is 4.31 Å². The van der Waals surface area contributed by atoms with Crippen molar-refractivity contribution >= 4 is 15.9 Å². The molecule has 33 heavy (non-hydrogen) atoms. The molecule has 0 bridgehead atoms. The summed E-state index contributed by atoms with van der Waals surface area (Å²) < 4.78 is 27.4. The lowest BCUT2D eigenvalue weighted by Gasteiger charge is -2.25. The predicted octanol–water partition coefficient (Wildman–Crippen LogP) is 5.33. The minimum absolute atomic E-state index is 0.110. The average molecular weight is 463 g/mol. The van der Waals surface area contributed by atoms with Gasteiger partial charge in [-0.05, 0) is 67.6 Å². The first-order valence-electron chi connectivity index (χ1n) is 11.4. The molecule has 1 fully saturated rings. The summed E-state index contributed by atoms with van der Waals surface area (Å²) in [6.45, 7) is 5.17. The summed E-state index contributed by atoms with van der Waals surface area (Å²) in [6.07, 6.45) is 2.90. The second-order valence-corrected chi connectivity index (χ2v) is 10.6. The van der Waals surface area contributed by atoms with Gasteiger partial charge in [0.25, 0.3) is 5.91 Å². The number of carbonyl (C=O) groups excluding carboxylic acids is 1. The van der Waals surface area contributed by atoms with Crippen molar-refractivity contribution in [2.24, 2.45) is 0 Å². The molecule has 5 nitrogen and oxygen atoms in total. The SMILES string of the molecule is Cc1ccc([C@@H](C)NC(=O)c2cccc(-c3ccc(S(=O)(=O)N4CCCCC4)cc3)c2)cc1. The second-order valence-electron chi connectivity index (χ2n) is 8.68. The van der Waals surface area contributed by atoms with Crippen LogP contribution >= 0.6 is 0 Å². The van der Waals surface area contributed by atoms with Crippen LogP contribution in [0.1, 0.15) is 53.7 Å². The molecule has 1 N–H and O–H groups in total. The predicted molar refractivity (Wildman–Crippen MR) is 132 cm³/mol. The zero-order valence-corrected chi connectivity index (χ0v) is 19.9. The topological polar surface area (TPSA) is 66.5 Å². The Morgan fingerprint density at radius 2 is 1.55 bits per heavy atom. The Bertz CT molecular complexity index is 1210. The van der Waals surface area contributed by atoms with E-state index in [9.17, 15) is 13.2 Å². The van der Waals surface area contributed by atoms with Crippen molar-refractivity contribution in [1.82, 2.24) is 9.62 Å². The van der Waals surface area contributed by atoms with Gasteiger partial charge in [-0.1, -0.05) is 60.5 Å². The molecule has 1 atom stereocenters. The van der Waals surface area contributed by atoms with Gasteiger partial charge in [0.15, 0.2) is 0 Å². The van der Waals surface area contributed by atoms with Gasteiger partial charge >= 0.3 is 0 Å². The molecule has 1 aliphatic rings. The van der Waals surface area contributed by atoms with Crippen molar-refractivity contribution < 1.29 is 13.2 Å². The van der Waals surface area contributed by atoms with Crippen LogP contribution in [0.4, 0.5) is 0 Å². The quantitative estimate of drug-likeness (QED) is 0.539. The van der Waals surface area contributed by atoms with Crippen molar-refractivity contribution in [3.8, 4) is 11.1 Å². The molecule has 172 valence electrons. The largest absolute Gasteiger partial charge is 0.346 e. The van der Waals surface area contributed by atoms with E-state index in [0.29, 0.717) is 23.5 Å². The van der Waals surface area contributed by atoms with Gasteiger partial charge in [0, 0.05) is 18.7 Å². The van der Waals surface area contributed by atoms with Crippen LogP contribution < -0.4 is 5.32 Å². The molecule has 1 heterocycles. The number of benzene rings is 3. The van der Waals surface area contributed by atoms with E-state index < -0.39 is 10.0 Å². The first-order chi connectivity index (χ1) is 15.8. The highest BCUT2D eigenvalue weighted by atomic mass is 32.2. The molecule has 0 saturated carbocycles. The van der Waals surface area contributed by atoms with Gasteiger partial charge < -0.3 is 5.32 Å². The zero-order valence-electron chi connectivity index (χ0n) is 19.1. The number of piperidine rings is 1. The molecule has 3 aromatic carbocycles. The molecule has 4 rings (SSSR count). The third-order valence-electron chi connectivity index (χ3n) is 6.19. The van der Waals surface area contributed by atoms with Crippen LogP contribution in [0.3, 0.4) is 0 Å². The van der Waals surface area contributed by atoms with Gasteiger partial charge in [0.1, 0.15) is 0 Å². The van der Waals surface area contributed by atoms with E-state index in [0.717, 1.165) is 36.0 Å². The van der Waals surface area contributed by atoms with E-state index in [1.165, 1.54) is 5.56 Å². The van der Waals surface area contributed by atoms with Crippen LogP contribution in [-0.2, 0) is 10.0 Å². The number of amides is 1. The molecule has 0 aliphatic carbocycles. The van der Waals surface area contributed by atoms with Gasteiger partial charge in [0.05, 0.1) is 10.9 Å². The normalized spacial score (nSPS) is 15.7. The number of aryl methyl sites for hydroxylation is 1. The Kier molecular flexibility index (Phi) is 6.96. The highest BCUT2D eigenvalue weighted by Crippen LogP contribution is 2.25. The molecule has 6 heteroatoms. The Morgan fingerprint density at radius 3 is 2.21 bits per heavy atom. The second kappa shape index (κ2) is 9.89. The van der Waals surface area contributed by atoms with E-state index in [2.05, 4.69) is 5.32 Å². The fraction of sp³-hybridized carbons (Fsp3) is 0.296. The lowest BCUT2D eigenvalue weighted by atomic mass is 10.0. The third-order valence-corrected chi connectivity index (χ3v) is 8.10. The molecule has 0 aromatic heterocycles. The zero-order chi connectivity index (χ0) is 23.4. The summed E-state index contributed by atoms with van der Waals surface area (Å²) >= 11 is 0. The Balaban J connectivity index is 1.49. The van der Waals surface area contributed by atoms with Crippen LogP contribution in [-0.4, -0.2) is 31.7 Å². The molecule has 1 aliphatic heterocycles. The van der Waals surface area contributed by atoms with E-state index >= 15 is 0 Å². The number of hydrogen-bond acceptors (Lipinski definition) is 3. The highest BCUT2D eigenvalue weighted by molar-refractivity contribution is 7.89. The van der Waals surface area contributed by atoms with Crippen LogP contribution in [0.2, 0.25) is 0 Å². The van der Waals surface area contributed by atoms with E-state index in [1.807, 2.05) is 68.4 Å². The number of sulfonamides is 1. The van der Waals surface area contributed by atoms with Crippen LogP contribution in [0.5, 0.6) is 0 Å². The summed E-state index contributed by atoms with van der Waals surface area (Å²) in [5.74, 6) is -0.144. The van der Waals surface area contributed by atoms with Crippen molar-refractivity contribution in [2.45, 2.75) is 44.0 Å². The molecule has 0 spiro atoms. The minimum atomic E-state index is -3.46. The van der Waals surface area contributed by atoms with Gasteiger partial charge in [-0.25, -0.2) is 8.42 Å². The summed E-state index contributed by atoms with van der Waals surface area (Å²) in [5, 5.41) is 3.05. The molecule has 0 unspecified atom stereocenters. The molecule has 0 radical (unpaired) electrons. The lowest BCUT2D eigenvalue weighted by molar-refractivity contribution is 0.0940. The van der Waals surface area contributed by atoms with Crippen LogP contribution in [0.15, 0.2) is 77.7 Å². The monoisotopic (exact) mass is 462 g/mol. The van der Waals surface area contributed by atoms with Crippen molar-refractivity contribution in [3.63, 3.8) is 0 Å². The molecular formula is C27H30N2O3S. The number of nitrogens with zero attached hydrogens (tertiary/aromatic N) is 1. The van der Waals surface area contributed by atoms with E-state index in [-0.39, 0.29) is 11.9 Å². The summed E-state index contributed by atoms with van der Waals surface area (Å²) in [5.41, 5.74) is 4.54. The van der Waals surface area contributed by atoms with Gasteiger partial charge in [-0.3, -0.25) is 4.79 Å². The van der Waals surface area contributed by atoms with E-state index in [4.69, 9.17) is 0 Å². The fourth-order valence-corrected chi connectivity index (χ4v) is 5.65. The van der Waals surface area contributed by atoms with Crippen molar-refractivity contribution in [3.05, 3.63) is 89.5 Å². The fourth-order valence-electron chi connectivity index (χ4n) is 4.13. The molecular weight excluding hydrogens is 432 g/mol. The third kappa shape index (κ3) is 5.34. The average Bonchev–Trinajstić information content (AvgIpc) is 2.85. The Morgan fingerprint density at radius 1 is 0.879 bits per heavy atom. The van der Waals surface area contributed by atoms with Crippen LogP contribution in [0.25, 0.3) is 11.1 Å². The number of rotatable bonds is 6. The minimum Gasteiger partial charge on any atom is -0.346 e. The maximum absolute atomic E-state index is 12.9. The maximum atomic E-state index is 12.9. The van der Waals surface area contributed by atoms with Crippen LogP contribution in [0, 0.1) is 6.92 Å². The van der Waals surface area contributed by atoms with E-state index in [1.54, 1.807) is 22.5 Å². The maximum Gasteiger partial charge on any atom is 0.251 e. The smallest absolute Gasteiger partial charge is 0.251 e. The van der Waals surface area contributed by atoms with Crippen molar-refractivity contribution in [1.29, 1.82) is 0 Å². The van der Waals surface area contributed by atoms with Gasteiger partial charge in [0.2, 0.25) is 10.0 Å². The lowest BCUT2D eigenvalue weighted by Crippen LogP contribution is -2.35. The number of hydrogen-bond donors (Lipinski definition) is 1. The molecule has 1 saturated heterocycles. The first-order valence-corrected chi connectivity index (χ1v) is 12.9. The Hall–Kier alpha value is -2.96. The van der Waals surface area contributed by atoms with Crippen molar-refractivity contribution in [2.75, 3.05) is 13.1 Å². The van der Waals surface area contributed by atoms with Gasteiger partial charge in [-0.15, -0.1) is 0 Å². The Labute approximate surface area is 196 Å². The summed E-state index contributed by atoms with van der Waals surface area (Å²) in [7, 11) is -3.46. The first kappa shape index (κ1) is 23.2. The molecule has 3 aromatic rings. The number of carbonyl (C=O) groups is 1. The number of nitrogens with one attached hydrogen (secondary N) is 1. The molecule has 1 amide bonds. The summed E-state index contributed by atoms with van der Waals surface area (Å²) in [6, 6.07) is 22.3. The standard InChI is InChI=1S/C27H30N2O3S/c1-20-9-11-22(12-10-20)21(2)28-27(30)25-8-6-7-24(19-25)23-13-15-26(16-14-23)33(31,32)29-17-4-3-5-18-29/h6-16,19,21H,3-5,17-18H2,1-2H3,(H,28,30)/t21-/m1/s1. The highest BCUT2D eigenvalue weighted by Gasteiger charge is 2.25. The summed E-state index contributed by atoms with van der Waals surface area (Å²) in [4.78, 5) is 13.2.